The molecule has 154 valence electrons. The zero-order valence-corrected chi connectivity index (χ0v) is 17.6. The van der Waals surface area contributed by atoms with Crippen molar-refractivity contribution in [2.75, 3.05) is 21.9 Å². The first-order chi connectivity index (χ1) is 15.2. The number of nitrogens with zero attached hydrogens (tertiary/aromatic N) is 2. The number of aromatic nitrogens is 1. The van der Waals surface area contributed by atoms with E-state index in [1.807, 2.05) is 71.0 Å². The van der Waals surface area contributed by atoms with Crippen LogP contribution in [0.1, 0.15) is 16.8 Å². The maximum atomic E-state index is 12.7. The topological polar surface area (TPSA) is 62.3 Å². The Morgan fingerprint density at radius 2 is 1.77 bits per heavy atom. The molecule has 31 heavy (non-hydrogen) atoms. The van der Waals surface area contributed by atoms with Gasteiger partial charge in [-0.05, 0) is 55.0 Å². The fraction of sp³-hybridized carbons (Fsp3) is 0.120. The Morgan fingerprint density at radius 1 is 0.935 bits per heavy atom. The Labute approximate surface area is 183 Å². The molecule has 1 aliphatic heterocycles. The molecular formula is C25H21N3O2S. The average Bonchev–Trinajstić information content (AvgIpc) is 3.25. The third-order valence-corrected chi connectivity index (χ3v) is 6.88. The first-order valence-electron chi connectivity index (χ1n) is 10.2. The summed E-state index contributed by atoms with van der Waals surface area (Å²) in [4.78, 5) is 17.5. The molecule has 0 bridgehead atoms. The standard InChI is InChI=1S/C25H21N3O2S/c29-25(19-9-12-22(13-10-19)28-15-4-16-31(28)30)26-21-7-3-6-20(17-21)24-14-11-18-5-1-2-8-23(18)27-24/h1-3,5-14,17H,4,15-16H2,(H,26,29). The van der Waals surface area contributed by atoms with Gasteiger partial charge < -0.3 is 5.32 Å². The Hall–Kier alpha value is -3.51. The molecule has 1 saturated heterocycles. The lowest BCUT2D eigenvalue weighted by atomic mass is 10.1. The van der Waals surface area contributed by atoms with Crippen LogP contribution in [-0.4, -0.2) is 27.4 Å². The number of carbonyl (C=O) groups is 1. The Morgan fingerprint density at radius 3 is 2.58 bits per heavy atom. The van der Waals surface area contributed by atoms with Gasteiger partial charge in [-0.2, -0.15) is 0 Å². The Balaban J connectivity index is 1.34. The molecule has 3 aromatic carbocycles. The molecule has 1 atom stereocenters. The van der Waals surface area contributed by atoms with E-state index in [-0.39, 0.29) is 5.91 Å². The summed E-state index contributed by atoms with van der Waals surface area (Å²) in [5, 5.41) is 4.06. The second-order valence-electron chi connectivity index (χ2n) is 7.45. The maximum absolute atomic E-state index is 12.7. The SMILES string of the molecule is O=C(Nc1cccc(-c2ccc3ccccc3n2)c1)c1ccc(N2CCCS2=O)cc1. The molecule has 1 aromatic heterocycles. The summed E-state index contributed by atoms with van der Waals surface area (Å²) in [6.07, 6.45) is 0.928. The molecular weight excluding hydrogens is 406 g/mol. The van der Waals surface area contributed by atoms with E-state index >= 15 is 0 Å². The summed E-state index contributed by atoms with van der Waals surface area (Å²) in [7, 11) is -0.964. The van der Waals surface area contributed by atoms with E-state index in [0.29, 0.717) is 17.0 Å². The minimum absolute atomic E-state index is 0.183. The molecule has 0 saturated carbocycles. The normalized spacial score (nSPS) is 15.9. The molecule has 1 aliphatic rings. The second-order valence-corrected chi connectivity index (χ2v) is 8.94. The van der Waals surface area contributed by atoms with Gasteiger partial charge in [0.1, 0.15) is 11.0 Å². The molecule has 1 amide bonds. The van der Waals surface area contributed by atoms with Crippen LogP contribution >= 0.6 is 0 Å². The molecule has 5 rings (SSSR count). The van der Waals surface area contributed by atoms with Gasteiger partial charge in [0, 0.05) is 40.2 Å². The van der Waals surface area contributed by atoms with E-state index in [4.69, 9.17) is 4.98 Å². The van der Waals surface area contributed by atoms with E-state index in [1.165, 1.54) is 0 Å². The maximum Gasteiger partial charge on any atom is 0.255 e. The molecule has 1 unspecified atom stereocenters. The predicted octanol–water partition coefficient (Wildman–Crippen LogP) is 5.03. The molecule has 1 N–H and O–H groups in total. The number of benzene rings is 3. The van der Waals surface area contributed by atoms with E-state index < -0.39 is 11.0 Å². The lowest BCUT2D eigenvalue weighted by molar-refractivity contribution is 0.102. The molecule has 1 fully saturated rings. The summed E-state index contributed by atoms with van der Waals surface area (Å²) < 4.78 is 13.9. The highest BCUT2D eigenvalue weighted by Gasteiger charge is 2.20. The minimum Gasteiger partial charge on any atom is -0.322 e. The number of carbonyl (C=O) groups excluding carboxylic acids is 1. The van der Waals surface area contributed by atoms with Crippen molar-refractivity contribution in [3.05, 3.63) is 90.5 Å². The summed E-state index contributed by atoms with van der Waals surface area (Å²) >= 11 is 0. The van der Waals surface area contributed by atoms with Gasteiger partial charge in [-0.1, -0.05) is 36.4 Å². The quantitative estimate of drug-likeness (QED) is 0.497. The molecule has 0 spiro atoms. The minimum atomic E-state index is -0.964. The van der Waals surface area contributed by atoms with Gasteiger partial charge in [-0.25, -0.2) is 9.19 Å². The molecule has 0 radical (unpaired) electrons. The zero-order valence-electron chi connectivity index (χ0n) is 16.8. The van der Waals surface area contributed by atoms with Crippen molar-refractivity contribution in [1.29, 1.82) is 0 Å². The van der Waals surface area contributed by atoms with Crippen molar-refractivity contribution in [2.45, 2.75) is 6.42 Å². The molecule has 0 aliphatic carbocycles. The number of nitrogens with one attached hydrogen (secondary N) is 1. The van der Waals surface area contributed by atoms with E-state index in [2.05, 4.69) is 11.4 Å². The van der Waals surface area contributed by atoms with Gasteiger partial charge in [0.15, 0.2) is 0 Å². The molecule has 4 aromatic rings. The number of anilines is 2. The molecule has 6 heteroatoms. The number of amides is 1. The molecule has 5 nitrogen and oxygen atoms in total. The van der Waals surface area contributed by atoms with Crippen LogP contribution in [0.3, 0.4) is 0 Å². The van der Waals surface area contributed by atoms with Crippen molar-refractivity contribution >= 4 is 39.2 Å². The Bertz CT molecular complexity index is 1290. The lowest BCUT2D eigenvalue weighted by Crippen LogP contribution is -2.19. The van der Waals surface area contributed by atoms with Crippen LogP contribution in [0.15, 0.2) is 84.9 Å². The smallest absolute Gasteiger partial charge is 0.255 e. The van der Waals surface area contributed by atoms with Crippen LogP contribution < -0.4 is 9.62 Å². The fourth-order valence-electron chi connectivity index (χ4n) is 3.76. The Kier molecular flexibility index (Phi) is 5.22. The van der Waals surface area contributed by atoms with Crippen molar-refractivity contribution in [3.8, 4) is 11.3 Å². The summed E-state index contributed by atoms with van der Waals surface area (Å²) in [6.45, 7) is 0.785. The third kappa shape index (κ3) is 4.07. The summed E-state index contributed by atoms with van der Waals surface area (Å²) in [5.41, 5.74) is 4.89. The van der Waals surface area contributed by atoms with E-state index in [0.717, 1.165) is 40.8 Å². The zero-order chi connectivity index (χ0) is 21.2. The second kappa shape index (κ2) is 8.32. The van der Waals surface area contributed by atoms with Gasteiger partial charge in [-0.15, -0.1) is 0 Å². The number of para-hydroxylation sites is 1. The van der Waals surface area contributed by atoms with E-state index in [1.54, 1.807) is 12.1 Å². The third-order valence-electron chi connectivity index (χ3n) is 5.36. The van der Waals surface area contributed by atoms with Crippen LogP contribution in [0.4, 0.5) is 11.4 Å². The van der Waals surface area contributed by atoms with Crippen LogP contribution in [0.2, 0.25) is 0 Å². The van der Waals surface area contributed by atoms with Crippen molar-refractivity contribution in [3.63, 3.8) is 0 Å². The van der Waals surface area contributed by atoms with Gasteiger partial charge in [0.25, 0.3) is 5.91 Å². The van der Waals surface area contributed by atoms with Crippen molar-refractivity contribution in [1.82, 2.24) is 4.98 Å². The number of pyridine rings is 1. The van der Waals surface area contributed by atoms with Crippen LogP contribution in [0, 0.1) is 0 Å². The van der Waals surface area contributed by atoms with Gasteiger partial charge in [0.05, 0.1) is 11.2 Å². The van der Waals surface area contributed by atoms with Gasteiger partial charge in [0.2, 0.25) is 0 Å². The number of hydrogen-bond acceptors (Lipinski definition) is 3. The van der Waals surface area contributed by atoms with Crippen molar-refractivity contribution < 1.29 is 9.00 Å². The monoisotopic (exact) mass is 427 g/mol. The van der Waals surface area contributed by atoms with Crippen LogP contribution in [0.5, 0.6) is 0 Å². The van der Waals surface area contributed by atoms with Gasteiger partial charge >= 0.3 is 0 Å². The first kappa shape index (κ1) is 19.5. The highest BCUT2D eigenvalue weighted by atomic mass is 32.2. The number of hydrogen-bond donors (Lipinski definition) is 1. The largest absolute Gasteiger partial charge is 0.322 e. The highest BCUT2D eigenvalue weighted by molar-refractivity contribution is 7.86. The van der Waals surface area contributed by atoms with Crippen LogP contribution in [-0.2, 0) is 11.0 Å². The highest BCUT2D eigenvalue weighted by Crippen LogP contribution is 2.25. The van der Waals surface area contributed by atoms with Crippen molar-refractivity contribution in [2.24, 2.45) is 0 Å². The summed E-state index contributed by atoms with van der Waals surface area (Å²) in [6, 6.07) is 27.0. The van der Waals surface area contributed by atoms with Crippen LogP contribution in [0.25, 0.3) is 22.2 Å². The molecule has 2 heterocycles. The van der Waals surface area contributed by atoms with Gasteiger partial charge in [-0.3, -0.25) is 9.10 Å². The predicted molar refractivity (Wildman–Crippen MR) is 127 cm³/mol. The summed E-state index contributed by atoms with van der Waals surface area (Å²) in [5.74, 6) is 0.516. The fourth-order valence-corrected chi connectivity index (χ4v) is 5.04. The lowest BCUT2D eigenvalue weighted by Gasteiger charge is -2.16. The number of rotatable bonds is 4. The average molecular weight is 428 g/mol. The number of fused-ring (bicyclic) bond motifs is 1. The first-order valence-corrected chi connectivity index (χ1v) is 11.5. The van der Waals surface area contributed by atoms with E-state index in [9.17, 15) is 9.00 Å².